The van der Waals surface area contributed by atoms with Crippen molar-refractivity contribution in [1.82, 2.24) is 14.5 Å². The topological polar surface area (TPSA) is 101 Å². The number of carbonyl (C=O) groups is 1. The van der Waals surface area contributed by atoms with Gasteiger partial charge in [0.1, 0.15) is 6.54 Å². The number of para-hydroxylation sites is 1. The van der Waals surface area contributed by atoms with E-state index in [1.54, 1.807) is 38.5 Å². The molecule has 180 valence electrons. The second-order valence-electron chi connectivity index (χ2n) is 8.23. The first-order valence-corrected chi connectivity index (χ1v) is 11.3. The number of fused-ring (bicyclic) bond motifs is 1. The van der Waals surface area contributed by atoms with Crippen LogP contribution in [0.2, 0.25) is 0 Å². The second kappa shape index (κ2) is 10.6. The van der Waals surface area contributed by atoms with Gasteiger partial charge in [-0.2, -0.15) is 0 Å². The summed E-state index contributed by atoms with van der Waals surface area (Å²) in [7, 11) is 3.15. The highest BCUT2D eigenvalue weighted by Crippen LogP contribution is 2.27. The molecule has 34 heavy (non-hydrogen) atoms. The number of methoxy groups -OCH3 is 2. The van der Waals surface area contributed by atoms with Crippen LogP contribution in [0.1, 0.15) is 18.4 Å². The van der Waals surface area contributed by atoms with Gasteiger partial charge >= 0.3 is 5.69 Å². The number of hydrogen-bond acceptors (Lipinski definition) is 6. The van der Waals surface area contributed by atoms with Crippen molar-refractivity contribution in [2.24, 2.45) is 0 Å². The van der Waals surface area contributed by atoms with E-state index >= 15 is 0 Å². The van der Waals surface area contributed by atoms with Gasteiger partial charge in [0.05, 0.1) is 37.8 Å². The first-order valence-electron chi connectivity index (χ1n) is 11.3. The van der Waals surface area contributed by atoms with E-state index in [-0.39, 0.29) is 30.7 Å². The van der Waals surface area contributed by atoms with E-state index in [2.05, 4.69) is 5.32 Å². The van der Waals surface area contributed by atoms with Crippen LogP contribution < -0.4 is 26.0 Å². The molecular weight excluding hydrogens is 438 g/mol. The summed E-state index contributed by atoms with van der Waals surface area (Å²) in [6.45, 7) is 1.01. The first-order chi connectivity index (χ1) is 16.5. The molecule has 4 rings (SSSR count). The number of hydrogen-bond donors (Lipinski definition) is 1. The Morgan fingerprint density at radius 1 is 1.09 bits per heavy atom. The minimum Gasteiger partial charge on any atom is -0.493 e. The Kier molecular flexibility index (Phi) is 7.32. The molecule has 2 heterocycles. The van der Waals surface area contributed by atoms with Crippen LogP contribution in [-0.4, -0.2) is 48.5 Å². The van der Waals surface area contributed by atoms with Crippen molar-refractivity contribution < 1.29 is 19.0 Å². The lowest BCUT2D eigenvalue weighted by Crippen LogP contribution is -2.44. The SMILES string of the molecule is COc1ccc(CCNC(=O)Cn2c(=O)n(C[C@@H]3CCCO3)c(=O)c3ccccc32)cc1OC. The average molecular weight is 468 g/mol. The van der Waals surface area contributed by atoms with Gasteiger partial charge in [0.15, 0.2) is 11.5 Å². The van der Waals surface area contributed by atoms with Gasteiger partial charge in [-0.3, -0.25) is 18.7 Å². The van der Waals surface area contributed by atoms with Crippen molar-refractivity contribution in [3.8, 4) is 11.5 Å². The summed E-state index contributed by atoms with van der Waals surface area (Å²) in [4.78, 5) is 38.9. The highest BCUT2D eigenvalue weighted by atomic mass is 16.5. The lowest BCUT2D eigenvalue weighted by molar-refractivity contribution is -0.121. The number of nitrogens with zero attached hydrogens (tertiary/aromatic N) is 2. The molecule has 0 aliphatic carbocycles. The van der Waals surface area contributed by atoms with Crippen molar-refractivity contribution >= 4 is 16.8 Å². The predicted octanol–water partition coefficient (Wildman–Crippen LogP) is 1.72. The monoisotopic (exact) mass is 467 g/mol. The smallest absolute Gasteiger partial charge is 0.332 e. The molecule has 1 amide bonds. The van der Waals surface area contributed by atoms with Crippen molar-refractivity contribution in [2.45, 2.75) is 38.5 Å². The molecule has 0 radical (unpaired) electrons. The number of carbonyl (C=O) groups excluding carboxylic acids is 1. The zero-order valence-corrected chi connectivity index (χ0v) is 19.4. The van der Waals surface area contributed by atoms with E-state index in [1.807, 2.05) is 18.2 Å². The fourth-order valence-corrected chi connectivity index (χ4v) is 4.26. The normalized spacial score (nSPS) is 15.4. The molecule has 1 atom stereocenters. The summed E-state index contributed by atoms with van der Waals surface area (Å²) in [5.74, 6) is 0.951. The Labute approximate surface area is 196 Å². The maximum Gasteiger partial charge on any atom is 0.332 e. The van der Waals surface area contributed by atoms with Gasteiger partial charge in [-0.05, 0) is 49.1 Å². The maximum atomic E-state index is 13.2. The van der Waals surface area contributed by atoms with Crippen LogP contribution >= 0.6 is 0 Å². The van der Waals surface area contributed by atoms with Crippen LogP contribution in [0.25, 0.3) is 10.9 Å². The lowest BCUT2D eigenvalue weighted by Gasteiger charge is -2.16. The summed E-state index contributed by atoms with van der Waals surface area (Å²) in [6, 6.07) is 12.4. The van der Waals surface area contributed by atoms with Crippen LogP contribution in [0.4, 0.5) is 0 Å². The molecule has 1 aliphatic rings. The van der Waals surface area contributed by atoms with Crippen LogP contribution in [0, 0.1) is 0 Å². The third kappa shape index (κ3) is 4.99. The van der Waals surface area contributed by atoms with Gasteiger partial charge in [0.25, 0.3) is 5.56 Å². The summed E-state index contributed by atoms with van der Waals surface area (Å²) in [5.41, 5.74) is 0.553. The molecule has 1 aliphatic heterocycles. The van der Waals surface area contributed by atoms with Crippen molar-refractivity contribution in [3.05, 3.63) is 68.9 Å². The fraction of sp³-hybridized carbons (Fsp3) is 0.400. The Morgan fingerprint density at radius 2 is 1.88 bits per heavy atom. The minimum absolute atomic E-state index is 0.171. The molecule has 1 saturated heterocycles. The first kappa shape index (κ1) is 23.6. The van der Waals surface area contributed by atoms with E-state index in [0.29, 0.717) is 42.0 Å². The Bertz CT molecular complexity index is 1290. The van der Waals surface area contributed by atoms with E-state index in [9.17, 15) is 14.4 Å². The summed E-state index contributed by atoms with van der Waals surface area (Å²) in [6.07, 6.45) is 2.12. The summed E-state index contributed by atoms with van der Waals surface area (Å²) in [5, 5.41) is 3.26. The standard InChI is InChI=1S/C25H29N3O6/c1-32-21-10-9-17(14-22(21)33-2)11-12-26-23(29)16-27-20-8-4-3-7-19(20)24(30)28(25(27)31)15-18-6-5-13-34-18/h3-4,7-10,14,18H,5-6,11-13,15-16H2,1-2H3,(H,26,29)/t18-/m0/s1. The van der Waals surface area contributed by atoms with Crippen molar-refractivity contribution in [1.29, 1.82) is 0 Å². The van der Waals surface area contributed by atoms with Crippen molar-refractivity contribution in [3.63, 3.8) is 0 Å². The maximum absolute atomic E-state index is 13.2. The summed E-state index contributed by atoms with van der Waals surface area (Å²) >= 11 is 0. The third-order valence-electron chi connectivity index (χ3n) is 6.03. The number of aromatic nitrogens is 2. The zero-order valence-electron chi connectivity index (χ0n) is 19.4. The molecule has 1 aromatic heterocycles. The predicted molar refractivity (Wildman–Crippen MR) is 128 cm³/mol. The number of benzene rings is 2. The fourth-order valence-electron chi connectivity index (χ4n) is 4.26. The van der Waals surface area contributed by atoms with Gasteiger partial charge in [0, 0.05) is 13.2 Å². The third-order valence-corrected chi connectivity index (χ3v) is 6.03. The number of ether oxygens (including phenoxy) is 3. The molecule has 0 bridgehead atoms. The molecule has 1 N–H and O–H groups in total. The van der Waals surface area contributed by atoms with Crippen molar-refractivity contribution in [2.75, 3.05) is 27.4 Å². The van der Waals surface area contributed by atoms with Gasteiger partial charge < -0.3 is 19.5 Å². The van der Waals surface area contributed by atoms with E-state index in [4.69, 9.17) is 14.2 Å². The number of nitrogens with one attached hydrogen (secondary N) is 1. The van der Waals surface area contributed by atoms with Crippen LogP contribution in [0.5, 0.6) is 11.5 Å². The lowest BCUT2D eigenvalue weighted by atomic mass is 10.1. The molecule has 3 aromatic rings. The van der Waals surface area contributed by atoms with Crippen LogP contribution in [0.3, 0.4) is 0 Å². The van der Waals surface area contributed by atoms with E-state index < -0.39 is 5.69 Å². The van der Waals surface area contributed by atoms with E-state index in [0.717, 1.165) is 18.4 Å². The molecule has 1 fully saturated rings. The quantitative estimate of drug-likeness (QED) is 0.514. The molecule has 0 saturated carbocycles. The van der Waals surface area contributed by atoms with Crippen LogP contribution in [-0.2, 0) is 29.0 Å². The molecule has 0 spiro atoms. The number of amides is 1. The van der Waals surface area contributed by atoms with Gasteiger partial charge in [-0.1, -0.05) is 18.2 Å². The Balaban J connectivity index is 1.50. The second-order valence-corrected chi connectivity index (χ2v) is 8.23. The number of rotatable bonds is 9. The van der Waals surface area contributed by atoms with Gasteiger partial charge in [0.2, 0.25) is 5.91 Å². The van der Waals surface area contributed by atoms with E-state index in [1.165, 1.54) is 9.13 Å². The highest BCUT2D eigenvalue weighted by Gasteiger charge is 2.21. The summed E-state index contributed by atoms with van der Waals surface area (Å²) < 4.78 is 18.7. The van der Waals surface area contributed by atoms with Crippen LogP contribution in [0.15, 0.2) is 52.1 Å². The zero-order chi connectivity index (χ0) is 24.1. The molecule has 9 nitrogen and oxygen atoms in total. The molecule has 0 unspecified atom stereocenters. The van der Waals surface area contributed by atoms with Gasteiger partial charge in [-0.15, -0.1) is 0 Å². The molecule has 2 aromatic carbocycles. The highest BCUT2D eigenvalue weighted by molar-refractivity contribution is 5.81. The van der Waals surface area contributed by atoms with Gasteiger partial charge in [-0.25, -0.2) is 4.79 Å². The Hall–Kier alpha value is -3.59. The molecule has 9 heteroatoms. The average Bonchev–Trinajstić information content (AvgIpc) is 3.37. The molecular formula is C25H29N3O6. The Morgan fingerprint density at radius 3 is 2.62 bits per heavy atom. The largest absolute Gasteiger partial charge is 0.493 e. The minimum atomic E-state index is -0.505.